The van der Waals surface area contributed by atoms with Gasteiger partial charge in [0.15, 0.2) is 0 Å². The molecule has 1 heteroatoms. The van der Waals surface area contributed by atoms with E-state index in [9.17, 15) is 0 Å². The third-order valence-electron chi connectivity index (χ3n) is 5.67. The molecule has 0 bridgehead atoms. The van der Waals surface area contributed by atoms with Gasteiger partial charge in [0.05, 0.1) is 0 Å². The topological polar surface area (TPSA) is 0 Å². The van der Waals surface area contributed by atoms with Crippen LogP contribution in [0, 0.1) is 0 Å². The molecule has 3 aromatic rings. The second-order valence-corrected chi connectivity index (χ2v) is 12.1. The van der Waals surface area contributed by atoms with Gasteiger partial charge in [-0.1, -0.05) is 0 Å². The van der Waals surface area contributed by atoms with Gasteiger partial charge in [-0.2, -0.15) is 0 Å². The van der Waals surface area contributed by atoms with Crippen molar-refractivity contribution < 1.29 is 0 Å². The Bertz CT molecular complexity index is 822. The van der Waals surface area contributed by atoms with Crippen LogP contribution in [0.5, 0.6) is 0 Å². The van der Waals surface area contributed by atoms with Crippen molar-refractivity contribution in [3.8, 4) is 0 Å². The summed E-state index contributed by atoms with van der Waals surface area (Å²) in [6, 6.07) is 33.3. The van der Waals surface area contributed by atoms with E-state index in [1.165, 1.54) is 21.2 Å². The predicted octanol–water partition coefficient (Wildman–Crippen LogP) is 4.99. The first-order valence-corrected chi connectivity index (χ1v) is 11.5. The third-order valence-corrected chi connectivity index (χ3v) is 12.2. The molecule has 0 nitrogen and oxygen atoms in total. The molecule has 0 heterocycles. The molecular weight excluding hydrogens is 319 g/mol. The van der Waals surface area contributed by atoms with Crippen LogP contribution >= 0.6 is 6.60 Å². The Kier molecular flexibility index (Phi) is 3.94. The van der Waals surface area contributed by atoms with Crippen molar-refractivity contribution in [2.45, 2.75) is 6.42 Å². The molecule has 0 fully saturated rings. The van der Waals surface area contributed by atoms with E-state index in [1.54, 1.807) is 0 Å². The van der Waals surface area contributed by atoms with Gasteiger partial charge in [-0.05, 0) is 0 Å². The molecule has 0 unspecified atom stereocenters. The van der Waals surface area contributed by atoms with Crippen LogP contribution in [0.3, 0.4) is 0 Å². The van der Waals surface area contributed by atoms with E-state index in [0.29, 0.717) is 0 Å². The Morgan fingerprint density at radius 1 is 0.600 bits per heavy atom. The van der Waals surface area contributed by atoms with Crippen molar-refractivity contribution in [1.82, 2.24) is 0 Å². The molecule has 3 aromatic carbocycles. The SMILES string of the molecule is CP(C1=CC=CC1)(c1ccccc1)(c1ccccc1)c1ccccc1. The number of rotatable bonds is 4. The third kappa shape index (κ3) is 2.25. The summed E-state index contributed by atoms with van der Waals surface area (Å²) in [4.78, 5) is 0. The molecule has 0 radical (unpaired) electrons. The Hall–Kier alpha value is -2.43. The standard InChI is InChI=1S/C24H23P/c1-25(24-19-11-12-20-24,21-13-5-2-6-14-21,22-15-7-3-8-16-22)23-17-9-4-10-18-23/h2-19H,20H2,1H3. The summed E-state index contributed by atoms with van der Waals surface area (Å²) in [7, 11) is 0. The van der Waals surface area contributed by atoms with E-state index in [2.05, 4.69) is 116 Å². The van der Waals surface area contributed by atoms with E-state index in [0.717, 1.165) is 6.42 Å². The number of benzene rings is 3. The zero-order valence-electron chi connectivity index (χ0n) is 14.5. The van der Waals surface area contributed by atoms with Crippen LogP contribution in [0.15, 0.2) is 115 Å². The van der Waals surface area contributed by atoms with Crippen molar-refractivity contribution in [3.05, 3.63) is 115 Å². The van der Waals surface area contributed by atoms with Crippen molar-refractivity contribution in [3.63, 3.8) is 0 Å². The maximum atomic E-state index is 2.52. The van der Waals surface area contributed by atoms with Gasteiger partial charge in [0.1, 0.15) is 0 Å². The quantitative estimate of drug-likeness (QED) is 0.586. The van der Waals surface area contributed by atoms with Crippen LogP contribution < -0.4 is 15.9 Å². The van der Waals surface area contributed by atoms with Gasteiger partial charge in [0, 0.05) is 0 Å². The molecule has 1 aliphatic carbocycles. The Morgan fingerprint density at radius 3 is 1.32 bits per heavy atom. The normalized spacial score (nSPS) is 15.4. The van der Waals surface area contributed by atoms with E-state index < -0.39 is 6.60 Å². The average molecular weight is 342 g/mol. The van der Waals surface area contributed by atoms with E-state index in [1.807, 2.05) is 0 Å². The second kappa shape index (κ2) is 6.14. The minimum absolute atomic E-state index is 1.02. The summed E-state index contributed by atoms with van der Waals surface area (Å²) in [6.07, 6.45) is 7.88. The summed E-state index contributed by atoms with van der Waals surface area (Å²) >= 11 is 0. The molecule has 4 rings (SSSR count). The number of hydrogen-bond acceptors (Lipinski definition) is 0. The predicted molar refractivity (Wildman–Crippen MR) is 113 cm³/mol. The molecule has 0 aliphatic heterocycles. The van der Waals surface area contributed by atoms with Crippen LogP contribution in [0.4, 0.5) is 0 Å². The molecule has 0 saturated carbocycles. The Morgan fingerprint density at radius 2 is 1.00 bits per heavy atom. The fraction of sp³-hybridized carbons (Fsp3) is 0.0833. The first-order chi connectivity index (χ1) is 12.2. The molecule has 0 amide bonds. The molecule has 1 aliphatic rings. The first-order valence-electron chi connectivity index (χ1n) is 8.79. The summed E-state index contributed by atoms with van der Waals surface area (Å²) in [5.74, 6) is 0. The van der Waals surface area contributed by atoms with Crippen LogP contribution in [0.1, 0.15) is 6.42 Å². The molecule has 25 heavy (non-hydrogen) atoms. The van der Waals surface area contributed by atoms with Gasteiger partial charge in [0.25, 0.3) is 0 Å². The van der Waals surface area contributed by atoms with E-state index >= 15 is 0 Å². The van der Waals surface area contributed by atoms with Gasteiger partial charge in [-0.15, -0.1) is 0 Å². The van der Waals surface area contributed by atoms with Gasteiger partial charge in [0.2, 0.25) is 0 Å². The second-order valence-electron chi connectivity index (χ2n) is 6.86. The summed E-state index contributed by atoms with van der Waals surface area (Å²) in [5, 5.41) is 5.83. The van der Waals surface area contributed by atoms with Crippen LogP contribution in [0.25, 0.3) is 0 Å². The fourth-order valence-corrected chi connectivity index (χ4v) is 9.86. The summed E-state index contributed by atoms with van der Waals surface area (Å²) < 4.78 is 0. The Labute approximate surface area is 150 Å². The van der Waals surface area contributed by atoms with E-state index in [4.69, 9.17) is 0 Å². The number of allylic oxidation sites excluding steroid dienone is 4. The molecule has 124 valence electrons. The molecule has 0 aromatic heterocycles. The van der Waals surface area contributed by atoms with Crippen LogP contribution in [0.2, 0.25) is 0 Å². The van der Waals surface area contributed by atoms with Gasteiger partial charge in [-0.25, -0.2) is 0 Å². The molecule has 0 saturated heterocycles. The van der Waals surface area contributed by atoms with Crippen LogP contribution in [-0.4, -0.2) is 6.66 Å². The van der Waals surface area contributed by atoms with Gasteiger partial charge >= 0.3 is 150 Å². The van der Waals surface area contributed by atoms with Crippen LogP contribution in [-0.2, 0) is 0 Å². The summed E-state index contributed by atoms with van der Waals surface area (Å²) in [6.45, 7) is -0.188. The maximum absolute atomic E-state index is 2.71. The van der Waals surface area contributed by atoms with E-state index in [-0.39, 0.29) is 0 Å². The molecular formula is C24H23P. The fourth-order valence-electron chi connectivity index (χ4n) is 4.20. The monoisotopic (exact) mass is 342 g/mol. The summed E-state index contributed by atoms with van der Waals surface area (Å²) in [5.41, 5.74) is 0. The van der Waals surface area contributed by atoms with Gasteiger partial charge < -0.3 is 0 Å². The zero-order valence-corrected chi connectivity index (χ0v) is 15.4. The van der Waals surface area contributed by atoms with Gasteiger partial charge in [-0.3, -0.25) is 0 Å². The Balaban J connectivity index is 2.17. The molecule has 0 spiro atoms. The number of hydrogen-bond donors (Lipinski definition) is 0. The van der Waals surface area contributed by atoms with Crippen molar-refractivity contribution in [2.75, 3.05) is 6.66 Å². The zero-order chi connectivity index (χ0) is 17.2. The average Bonchev–Trinajstić information content (AvgIpc) is 3.25. The van der Waals surface area contributed by atoms with Crippen molar-refractivity contribution in [2.24, 2.45) is 0 Å². The first kappa shape index (κ1) is 16.1. The van der Waals surface area contributed by atoms with Crippen molar-refractivity contribution >= 4 is 22.5 Å². The molecule has 0 atom stereocenters. The molecule has 0 N–H and O–H groups in total. The van der Waals surface area contributed by atoms with Crippen molar-refractivity contribution in [1.29, 1.82) is 0 Å². The minimum atomic E-state index is -2.71.